The Balaban J connectivity index is 2.18. The van der Waals surface area contributed by atoms with Crippen LogP contribution in [0, 0.1) is 5.82 Å². The molecule has 0 unspecified atom stereocenters. The zero-order chi connectivity index (χ0) is 9.97. The molecule has 2 nitrogen and oxygen atoms in total. The second kappa shape index (κ2) is 4.11. The maximum absolute atomic E-state index is 13.1. The highest BCUT2D eigenvalue weighted by molar-refractivity contribution is 6.32. The van der Waals surface area contributed by atoms with Gasteiger partial charge in [-0.1, -0.05) is 17.6 Å². The molecule has 0 aromatic heterocycles. The lowest BCUT2D eigenvalue weighted by Gasteiger charge is -2.23. The van der Waals surface area contributed by atoms with E-state index in [1.54, 1.807) is 6.07 Å². The van der Waals surface area contributed by atoms with Crippen LogP contribution in [0.3, 0.4) is 0 Å². The van der Waals surface area contributed by atoms with Gasteiger partial charge in [-0.15, -0.1) is 0 Å². The van der Waals surface area contributed by atoms with Crippen molar-refractivity contribution in [2.24, 2.45) is 0 Å². The fourth-order valence-electron chi connectivity index (χ4n) is 1.37. The van der Waals surface area contributed by atoms with Crippen molar-refractivity contribution in [3.05, 3.63) is 29.6 Å². The van der Waals surface area contributed by atoms with Crippen LogP contribution in [0.25, 0.3) is 0 Å². The van der Waals surface area contributed by atoms with E-state index < -0.39 is 12.1 Å². The number of benzene rings is 1. The Bertz CT molecular complexity index is 324. The summed E-state index contributed by atoms with van der Waals surface area (Å²) in [5.74, 6) is -0.430. The van der Waals surface area contributed by atoms with Crippen molar-refractivity contribution in [1.82, 2.24) is 0 Å². The summed E-state index contributed by atoms with van der Waals surface area (Å²) in [7, 11) is 5.36. The van der Waals surface area contributed by atoms with Crippen LogP contribution in [0.15, 0.2) is 18.2 Å². The van der Waals surface area contributed by atoms with Gasteiger partial charge in [0.15, 0.2) is 6.29 Å². The first kappa shape index (κ1) is 9.68. The number of hydrogen-bond acceptors (Lipinski definition) is 2. The fourth-order valence-corrected chi connectivity index (χ4v) is 1.37. The average molecular weight is 192 g/mol. The van der Waals surface area contributed by atoms with Crippen molar-refractivity contribution in [2.45, 2.75) is 12.7 Å². The van der Waals surface area contributed by atoms with Crippen LogP contribution >= 0.6 is 0 Å². The maximum atomic E-state index is 13.1. The zero-order valence-corrected chi connectivity index (χ0v) is 7.70. The molecule has 0 atom stereocenters. The number of rotatable bonds is 1. The summed E-state index contributed by atoms with van der Waals surface area (Å²) in [6, 6.07) is 4.59. The van der Waals surface area contributed by atoms with Gasteiger partial charge in [0.25, 0.3) is 0 Å². The summed E-state index contributed by atoms with van der Waals surface area (Å²) in [5, 5.41) is 0. The molecule has 0 bridgehead atoms. The quantitative estimate of drug-likeness (QED) is 0.619. The first-order chi connectivity index (χ1) is 6.77. The molecule has 0 amide bonds. The Morgan fingerprint density at radius 3 is 2.64 bits per heavy atom. The Morgan fingerprint density at radius 1 is 1.29 bits per heavy atom. The van der Waals surface area contributed by atoms with Crippen LogP contribution in [-0.4, -0.2) is 21.1 Å². The molecule has 14 heavy (non-hydrogen) atoms. The van der Waals surface area contributed by atoms with Crippen molar-refractivity contribution in [3.63, 3.8) is 0 Å². The molecule has 0 N–H and O–H groups in total. The SMILES string of the molecule is [B]c1ccc(C2OCCCO2)cc1F. The topological polar surface area (TPSA) is 18.5 Å². The lowest BCUT2D eigenvalue weighted by molar-refractivity contribution is -0.183. The summed E-state index contributed by atoms with van der Waals surface area (Å²) in [4.78, 5) is 0. The van der Waals surface area contributed by atoms with Gasteiger partial charge < -0.3 is 9.47 Å². The van der Waals surface area contributed by atoms with Crippen molar-refractivity contribution in [2.75, 3.05) is 13.2 Å². The summed E-state index contributed by atoms with van der Waals surface area (Å²) >= 11 is 0. The minimum Gasteiger partial charge on any atom is -0.348 e. The minimum atomic E-state index is -0.446. The molecule has 1 fully saturated rings. The van der Waals surface area contributed by atoms with Crippen LogP contribution in [0.1, 0.15) is 18.3 Å². The van der Waals surface area contributed by atoms with Crippen molar-refractivity contribution >= 4 is 13.3 Å². The highest BCUT2D eigenvalue weighted by Crippen LogP contribution is 2.22. The monoisotopic (exact) mass is 192 g/mol. The van der Waals surface area contributed by atoms with E-state index in [0.717, 1.165) is 6.42 Å². The van der Waals surface area contributed by atoms with Gasteiger partial charge in [-0.3, -0.25) is 0 Å². The molecule has 1 heterocycles. The molecule has 72 valence electrons. The smallest absolute Gasteiger partial charge is 0.183 e. The summed E-state index contributed by atoms with van der Waals surface area (Å²) in [6.07, 6.45) is 0.437. The molecule has 1 aliphatic rings. The zero-order valence-electron chi connectivity index (χ0n) is 7.70. The third-order valence-corrected chi connectivity index (χ3v) is 2.12. The molecule has 2 radical (unpaired) electrons. The molecule has 0 spiro atoms. The molecule has 1 aliphatic heterocycles. The molecular formula is C10H10BFO2. The van der Waals surface area contributed by atoms with Gasteiger partial charge in [-0.25, -0.2) is 4.39 Å². The van der Waals surface area contributed by atoms with E-state index in [1.165, 1.54) is 12.1 Å². The van der Waals surface area contributed by atoms with E-state index in [9.17, 15) is 4.39 Å². The van der Waals surface area contributed by atoms with Crippen LogP contribution in [-0.2, 0) is 9.47 Å². The van der Waals surface area contributed by atoms with Crippen molar-refractivity contribution in [1.29, 1.82) is 0 Å². The van der Waals surface area contributed by atoms with Crippen molar-refractivity contribution < 1.29 is 13.9 Å². The van der Waals surface area contributed by atoms with Crippen LogP contribution in [0.2, 0.25) is 0 Å². The highest BCUT2D eigenvalue weighted by Gasteiger charge is 2.17. The average Bonchev–Trinajstić information content (AvgIpc) is 2.23. The van der Waals surface area contributed by atoms with Gasteiger partial charge in [0.05, 0.1) is 13.2 Å². The Morgan fingerprint density at radius 2 is 2.00 bits per heavy atom. The molecule has 1 aromatic rings. The normalized spacial score (nSPS) is 18.4. The van der Waals surface area contributed by atoms with Crippen LogP contribution < -0.4 is 5.46 Å². The summed E-state index contributed by atoms with van der Waals surface area (Å²) in [6.45, 7) is 1.30. The second-order valence-corrected chi connectivity index (χ2v) is 3.21. The molecular weight excluding hydrogens is 182 g/mol. The summed E-state index contributed by atoms with van der Waals surface area (Å²) < 4.78 is 23.8. The van der Waals surface area contributed by atoms with Gasteiger partial charge in [0, 0.05) is 5.56 Å². The van der Waals surface area contributed by atoms with Gasteiger partial charge in [-0.05, 0) is 12.5 Å². The third kappa shape index (κ3) is 1.96. The van der Waals surface area contributed by atoms with Gasteiger partial charge >= 0.3 is 0 Å². The summed E-state index contributed by atoms with van der Waals surface area (Å²) in [5.41, 5.74) is 0.820. The third-order valence-electron chi connectivity index (χ3n) is 2.12. The van der Waals surface area contributed by atoms with Gasteiger partial charge in [-0.2, -0.15) is 0 Å². The molecule has 0 aliphatic carbocycles. The number of ether oxygens (including phenoxy) is 2. The molecule has 2 rings (SSSR count). The molecule has 0 saturated carbocycles. The molecule has 4 heteroatoms. The minimum absolute atomic E-state index is 0.143. The van der Waals surface area contributed by atoms with Gasteiger partial charge in [0.2, 0.25) is 0 Å². The Hall–Kier alpha value is -0.865. The van der Waals surface area contributed by atoms with Crippen LogP contribution in [0.4, 0.5) is 4.39 Å². The largest absolute Gasteiger partial charge is 0.348 e. The molecule has 1 saturated heterocycles. The predicted octanol–water partition coefficient (Wildman–Crippen LogP) is 1.06. The molecule has 1 aromatic carbocycles. The Kier molecular flexibility index (Phi) is 2.84. The second-order valence-electron chi connectivity index (χ2n) is 3.21. The number of halogens is 1. The Labute approximate surface area is 83.4 Å². The first-order valence-corrected chi connectivity index (χ1v) is 4.55. The van der Waals surface area contributed by atoms with Crippen LogP contribution in [0.5, 0.6) is 0 Å². The van der Waals surface area contributed by atoms with Gasteiger partial charge in [0.1, 0.15) is 13.7 Å². The lowest BCUT2D eigenvalue weighted by Crippen LogP contribution is -2.19. The van der Waals surface area contributed by atoms with E-state index in [4.69, 9.17) is 17.3 Å². The van der Waals surface area contributed by atoms with E-state index in [1.807, 2.05) is 0 Å². The van der Waals surface area contributed by atoms with E-state index >= 15 is 0 Å². The van der Waals surface area contributed by atoms with E-state index in [0.29, 0.717) is 18.8 Å². The first-order valence-electron chi connectivity index (χ1n) is 4.55. The maximum Gasteiger partial charge on any atom is 0.183 e. The number of hydrogen-bond donors (Lipinski definition) is 0. The van der Waals surface area contributed by atoms with Crippen molar-refractivity contribution in [3.8, 4) is 0 Å². The standard InChI is InChI=1S/C10H10BFO2/c11-8-3-2-7(6-9(8)12)10-13-4-1-5-14-10/h2-3,6,10H,1,4-5H2. The highest BCUT2D eigenvalue weighted by atomic mass is 19.1. The van der Waals surface area contributed by atoms with E-state index in [-0.39, 0.29) is 5.46 Å². The lowest BCUT2D eigenvalue weighted by atomic mass is 9.94. The van der Waals surface area contributed by atoms with E-state index in [2.05, 4.69) is 0 Å². The predicted molar refractivity (Wildman–Crippen MR) is 51.1 cm³/mol. The fraction of sp³-hybridized carbons (Fsp3) is 0.400.